The molecule has 1 atom stereocenters. The van der Waals surface area contributed by atoms with Crippen LogP contribution in [-0.4, -0.2) is 39.4 Å². The zero-order valence-corrected chi connectivity index (χ0v) is 10.3. The maximum Gasteiger partial charge on any atom is 0.174 e. The van der Waals surface area contributed by atoms with Gasteiger partial charge in [-0.1, -0.05) is 0 Å². The van der Waals surface area contributed by atoms with Crippen LogP contribution < -0.4 is 0 Å². The van der Waals surface area contributed by atoms with Gasteiger partial charge in [0.2, 0.25) is 0 Å². The van der Waals surface area contributed by atoms with E-state index in [4.69, 9.17) is 4.74 Å². The number of ketones is 2. The second kappa shape index (κ2) is 4.89. The van der Waals surface area contributed by atoms with E-state index in [9.17, 15) is 9.59 Å². The summed E-state index contributed by atoms with van der Waals surface area (Å²) in [5.74, 6) is -0.394. The van der Waals surface area contributed by atoms with Gasteiger partial charge < -0.3 is 4.74 Å². The molecule has 3 heterocycles. The minimum Gasteiger partial charge on any atom is -0.381 e. The third-order valence-corrected chi connectivity index (χ3v) is 3.34. The van der Waals surface area contributed by atoms with Crippen molar-refractivity contribution in [3.63, 3.8) is 0 Å². The third-order valence-electron chi connectivity index (χ3n) is 3.34. The Hall–Kier alpha value is -2.08. The van der Waals surface area contributed by atoms with Crippen molar-refractivity contribution < 1.29 is 14.3 Å². The summed E-state index contributed by atoms with van der Waals surface area (Å²) >= 11 is 0. The van der Waals surface area contributed by atoms with Crippen LogP contribution in [0.3, 0.4) is 0 Å². The number of carbonyl (C=O) groups is 2. The first-order valence-corrected chi connectivity index (χ1v) is 6.16. The molecule has 6 heteroatoms. The maximum atomic E-state index is 12.1. The van der Waals surface area contributed by atoms with Crippen molar-refractivity contribution in [3.05, 3.63) is 30.4 Å². The van der Waals surface area contributed by atoms with Crippen molar-refractivity contribution in [1.29, 1.82) is 0 Å². The molecule has 19 heavy (non-hydrogen) atoms. The average molecular weight is 259 g/mol. The fourth-order valence-electron chi connectivity index (χ4n) is 2.24. The zero-order chi connectivity index (χ0) is 13.2. The Labute approximate surface area is 109 Å². The highest BCUT2D eigenvalue weighted by molar-refractivity contribution is 6.11. The van der Waals surface area contributed by atoms with Gasteiger partial charge in [-0.25, -0.2) is 4.52 Å². The number of rotatable bonds is 4. The summed E-state index contributed by atoms with van der Waals surface area (Å²) in [7, 11) is 0. The first kappa shape index (κ1) is 12.0. The molecule has 0 amide bonds. The number of fused-ring (bicyclic) bond motifs is 1. The molecule has 98 valence electrons. The number of carbonyl (C=O) groups excluding carboxylic acids is 2. The zero-order valence-electron chi connectivity index (χ0n) is 10.3. The minimum atomic E-state index is -0.208. The topological polar surface area (TPSA) is 73.6 Å². The molecule has 0 bridgehead atoms. The van der Waals surface area contributed by atoms with Crippen LogP contribution in [0.1, 0.15) is 23.2 Å². The Kier molecular flexibility index (Phi) is 3.08. The predicted octanol–water partition coefficient (Wildman–Crippen LogP) is 0.908. The Balaban J connectivity index is 1.78. The van der Waals surface area contributed by atoms with Crippen molar-refractivity contribution in [2.24, 2.45) is 5.92 Å². The largest absolute Gasteiger partial charge is 0.381 e. The molecule has 1 aliphatic rings. The van der Waals surface area contributed by atoms with Crippen LogP contribution in [0.5, 0.6) is 0 Å². The molecular weight excluding hydrogens is 246 g/mol. The van der Waals surface area contributed by atoms with Gasteiger partial charge in [-0.05, 0) is 6.42 Å². The second-order valence-corrected chi connectivity index (χ2v) is 4.59. The molecule has 1 unspecified atom stereocenters. The minimum absolute atomic E-state index is 0.0502. The van der Waals surface area contributed by atoms with Crippen LogP contribution in [0.15, 0.2) is 24.8 Å². The van der Waals surface area contributed by atoms with Crippen LogP contribution in [0, 0.1) is 5.92 Å². The number of hydrogen-bond acceptors (Lipinski definition) is 5. The van der Waals surface area contributed by atoms with Crippen LogP contribution in [0.25, 0.3) is 5.52 Å². The number of nitrogens with zero attached hydrogens (tertiary/aromatic N) is 3. The van der Waals surface area contributed by atoms with Gasteiger partial charge in [0.15, 0.2) is 5.78 Å². The molecule has 6 nitrogen and oxygen atoms in total. The number of Topliss-reactive ketones (excluding diaryl/α,β-unsaturated/α-hetero) is 2. The van der Waals surface area contributed by atoms with Crippen LogP contribution in [-0.2, 0) is 9.53 Å². The molecule has 1 aliphatic heterocycles. The van der Waals surface area contributed by atoms with Gasteiger partial charge in [0.05, 0.1) is 36.5 Å². The van der Waals surface area contributed by atoms with Crippen molar-refractivity contribution >= 4 is 17.1 Å². The van der Waals surface area contributed by atoms with Crippen LogP contribution in [0.2, 0.25) is 0 Å². The normalized spacial score (nSPS) is 18.8. The predicted molar refractivity (Wildman–Crippen MR) is 65.9 cm³/mol. The van der Waals surface area contributed by atoms with E-state index in [2.05, 4.69) is 10.1 Å². The highest BCUT2D eigenvalue weighted by atomic mass is 16.5. The first-order chi connectivity index (χ1) is 9.25. The smallest absolute Gasteiger partial charge is 0.174 e. The molecule has 0 radical (unpaired) electrons. The van der Waals surface area contributed by atoms with Crippen LogP contribution >= 0.6 is 0 Å². The summed E-state index contributed by atoms with van der Waals surface area (Å²) in [6.07, 6.45) is 6.93. The Bertz CT molecular complexity index is 629. The fraction of sp³-hybridized carbons (Fsp3) is 0.385. The number of ether oxygens (including phenoxy) is 1. The summed E-state index contributed by atoms with van der Waals surface area (Å²) in [5, 5.41) is 4.06. The van der Waals surface area contributed by atoms with E-state index in [1.807, 2.05) is 0 Å². The summed E-state index contributed by atoms with van der Waals surface area (Å²) < 4.78 is 6.73. The lowest BCUT2D eigenvalue weighted by atomic mass is 9.97. The van der Waals surface area contributed by atoms with Crippen molar-refractivity contribution in [1.82, 2.24) is 14.6 Å². The van der Waals surface area contributed by atoms with Gasteiger partial charge in [0, 0.05) is 24.9 Å². The van der Waals surface area contributed by atoms with E-state index < -0.39 is 0 Å². The van der Waals surface area contributed by atoms with Crippen molar-refractivity contribution in [3.8, 4) is 0 Å². The lowest BCUT2D eigenvalue weighted by Crippen LogP contribution is -2.18. The summed E-state index contributed by atoms with van der Waals surface area (Å²) in [6.45, 7) is 1.04. The molecular formula is C13H13N3O3. The highest BCUT2D eigenvalue weighted by Gasteiger charge is 2.26. The Morgan fingerprint density at radius 3 is 3.11 bits per heavy atom. The standard InChI is InChI=1S/C13H13N3O3/c17-12(9-1-4-19-8-9)5-13(18)10-6-15-16-3-2-14-7-11(10)16/h2-3,6-7,9H,1,4-5,8H2. The maximum absolute atomic E-state index is 12.1. The Morgan fingerprint density at radius 2 is 2.32 bits per heavy atom. The molecule has 2 aromatic heterocycles. The number of hydrogen-bond donors (Lipinski definition) is 0. The average Bonchev–Trinajstić information content (AvgIpc) is 3.08. The van der Waals surface area contributed by atoms with E-state index in [-0.39, 0.29) is 23.9 Å². The molecule has 2 aromatic rings. The Morgan fingerprint density at radius 1 is 1.42 bits per heavy atom. The van der Waals surface area contributed by atoms with Crippen molar-refractivity contribution in [2.45, 2.75) is 12.8 Å². The molecule has 0 aliphatic carbocycles. The lowest BCUT2D eigenvalue weighted by Gasteiger charge is -2.04. The van der Waals surface area contributed by atoms with E-state index >= 15 is 0 Å². The molecule has 3 rings (SSSR count). The van der Waals surface area contributed by atoms with Gasteiger partial charge in [-0.2, -0.15) is 5.10 Å². The van der Waals surface area contributed by atoms with Crippen LogP contribution in [0.4, 0.5) is 0 Å². The fourth-order valence-corrected chi connectivity index (χ4v) is 2.24. The van der Waals surface area contributed by atoms with E-state index in [1.54, 1.807) is 23.1 Å². The molecule has 1 saturated heterocycles. The van der Waals surface area contributed by atoms with E-state index in [0.29, 0.717) is 30.7 Å². The van der Waals surface area contributed by atoms with Gasteiger partial charge in [0.25, 0.3) is 0 Å². The second-order valence-electron chi connectivity index (χ2n) is 4.59. The van der Waals surface area contributed by atoms with Gasteiger partial charge >= 0.3 is 0 Å². The van der Waals surface area contributed by atoms with Gasteiger partial charge in [0.1, 0.15) is 5.78 Å². The summed E-state index contributed by atoms with van der Waals surface area (Å²) in [6, 6.07) is 0. The quantitative estimate of drug-likeness (QED) is 0.602. The van der Waals surface area contributed by atoms with Crippen molar-refractivity contribution in [2.75, 3.05) is 13.2 Å². The SMILES string of the molecule is O=C(CC(=O)C1CCOC1)c1cnn2ccncc12. The third kappa shape index (κ3) is 2.26. The molecule has 0 spiro atoms. The van der Waals surface area contributed by atoms with E-state index in [1.165, 1.54) is 6.20 Å². The summed E-state index contributed by atoms with van der Waals surface area (Å²) in [4.78, 5) is 28.1. The highest BCUT2D eigenvalue weighted by Crippen LogP contribution is 2.18. The molecule has 0 saturated carbocycles. The molecule has 0 aromatic carbocycles. The number of aromatic nitrogens is 3. The summed E-state index contributed by atoms with van der Waals surface area (Å²) in [5.41, 5.74) is 1.07. The van der Waals surface area contributed by atoms with Gasteiger partial charge in [-0.3, -0.25) is 14.6 Å². The van der Waals surface area contributed by atoms with Gasteiger partial charge in [-0.15, -0.1) is 0 Å². The van der Waals surface area contributed by atoms with E-state index in [0.717, 1.165) is 0 Å². The molecule has 0 N–H and O–H groups in total. The first-order valence-electron chi connectivity index (χ1n) is 6.16. The monoisotopic (exact) mass is 259 g/mol. The molecule has 1 fully saturated rings. The lowest BCUT2D eigenvalue weighted by molar-refractivity contribution is -0.121.